The quantitative estimate of drug-likeness (QED) is 0.0970. The Balaban J connectivity index is 0.00000127. The summed E-state index contributed by atoms with van der Waals surface area (Å²) in [4.78, 5) is 23.0. The average molecular weight is 569 g/mol. The van der Waals surface area contributed by atoms with Gasteiger partial charge in [0.15, 0.2) is 0 Å². The Morgan fingerprint density at radius 2 is 1.69 bits per heavy atom. The zero-order valence-corrected chi connectivity index (χ0v) is 24.2. The van der Waals surface area contributed by atoms with Crippen molar-refractivity contribution in [1.82, 2.24) is 14.9 Å². The molecule has 0 bridgehead atoms. The van der Waals surface area contributed by atoms with Crippen LogP contribution in [0.25, 0.3) is 0 Å². The van der Waals surface area contributed by atoms with Gasteiger partial charge < -0.3 is 25.4 Å². The molecule has 1 fully saturated rings. The maximum Gasteiger partial charge on any atom is 0.248 e. The summed E-state index contributed by atoms with van der Waals surface area (Å²) in [5.41, 5.74) is 2.11. The van der Waals surface area contributed by atoms with Crippen LogP contribution in [0.15, 0.2) is 73.1 Å². The summed E-state index contributed by atoms with van der Waals surface area (Å²) in [6.07, 6.45) is 3.26. The van der Waals surface area contributed by atoms with Crippen LogP contribution in [0.4, 0.5) is 11.6 Å². The van der Waals surface area contributed by atoms with Crippen LogP contribution in [-0.4, -0.2) is 64.9 Å². The number of carbonyl (C=O) groups is 1. The van der Waals surface area contributed by atoms with E-state index in [4.69, 9.17) is 15.3 Å². The van der Waals surface area contributed by atoms with Gasteiger partial charge in [0.05, 0.1) is 11.3 Å². The fourth-order valence-corrected chi connectivity index (χ4v) is 4.12. The number of benzene rings is 2. The molecule has 2 heterocycles. The summed E-state index contributed by atoms with van der Waals surface area (Å²) in [6, 6.07) is 17.0. The van der Waals surface area contributed by atoms with Gasteiger partial charge in [-0.05, 0) is 56.2 Å². The monoisotopic (exact) mass is 568 g/mol. The van der Waals surface area contributed by atoms with E-state index in [1.54, 1.807) is 14.0 Å². The summed E-state index contributed by atoms with van der Waals surface area (Å²) >= 11 is 6.44. The maximum atomic E-state index is 12.4. The Hall–Kier alpha value is -3.54. The number of aliphatic hydroxyl groups is 1. The largest absolute Gasteiger partial charge is 0.457 e. The molecular formula is C28H36N6O3S2. The van der Waals surface area contributed by atoms with Gasteiger partial charge in [0, 0.05) is 44.4 Å². The Kier molecular flexibility index (Phi) is 13.3. The molecule has 1 amide bonds. The smallest absolute Gasteiger partial charge is 0.248 e. The van der Waals surface area contributed by atoms with Gasteiger partial charge >= 0.3 is 0 Å². The summed E-state index contributed by atoms with van der Waals surface area (Å²) in [5, 5.41) is 22.5. The molecule has 1 aliphatic rings. The highest BCUT2D eigenvalue weighted by Crippen LogP contribution is 2.27. The topological polar surface area (TPSA) is 123 Å². The molecule has 0 radical (unpaired) electrons. The van der Waals surface area contributed by atoms with Crippen LogP contribution in [0.5, 0.6) is 11.5 Å². The van der Waals surface area contributed by atoms with Gasteiger partial charge in [-0.15, -0.1) is 23.3 Å². The molecule has 0 saturated carbocycles. The molecule has 3 aromatic rings. The Labute approximate surface area is 240 Å². The number of anilines is 2. The molecule has 4 rings (SSSR count). The van der Waals surface area contributed by atoms with Crippen LogP contribution in [0.2, 0.25) is 0 Å². The summed E-state index contributed by atoms with van der Waals surface area (Å²) in [7, 11) is 2.77. The number of para-hydroxylation sites is 1. The Morgan fingerprint density at radius 3 is 2.31 bits per heavy atom. The average Bonchev–Trinajstić information content (AvgIpc) is 2.99. The standard InChI is InChI=1S/C27H30N6O2.CH4O.H2S2/c1-18(2)27(34)33-15-7-8-20(16-33)32-26-23(25(29-3)30-17-31-26)24(28)19-11-13-22(14-12-19)35-21-9-5-4-6-10-21;2*1-2/h4-6,9-14,17,20,28H,1,7-8,15-16H2,2-3H3,(H2,29,30,31,32);2H,1H3;1-2H. The van der Waals surface area contributed by atoms with E-state index in [0.717, 1.165) is 32.2 Å². The molecule has 1 aliphatic heterocycles. The fourth-order valence-electron chi connectivity index (χ4n) is 4.12. The highest BCUT2D eigenvalue weighted by atomic mass is 33.1. The predicted molar refractivity (Wildman–Crippen MR) is 165 cm³/mol. The second kappa shape index (κ2) is 16.4. The SMILES string of the molecule is C=C(C)C(=O)N1CCCC(Nc2ncnc(NC)c2C(=N)c2ccc(Oc3ccccc3)cc2)C1.CO.SS. The van der Waals surface area contributed by atoms with Crippen molar-refractivity contribution in [2.45, 2.75) is 25.8 Å². The van der Waals surface area contributed by atoms with E-state index >= 15 is 0 Å². The molecule has 0 spiro atoms. The van der Waals surface area contributed by atoms with Crippen LogP contribution in [0.3, 0.4) is 0 Å². The second-order valence-corrected chi connectivity index (χ2v) is 8.53. The van der Waals surface area contributed by atoms with Crippen molar-refractivity contribution in [3.63, 3.8) is 0 Å². The van der Waals surface area contributed by atoms with Gasteiger partial charge in [-0.3, -0.25) is 10.2 Å². The highest BCUT2D eigenvalue weighted by Gasteiger charge is 2.26. The van der Waals surface area contributed by atoms with Crippen LogP contribution in [0.1, 0.15) is 30.9 Å². The molecule has 11 heteroatoms. The molecule has 1 unspecified atom stereocenters. The van der Waals surface area contributed by atoms with E-state index in [1.807, 2.05) is 59.5 Å². The minimum absolute atomic E-state index is 0.0138. The normalized spacial score (nSPS) is 14.0. The third-order valence-corrected chi connectivity index (χ3v) is 5.87. The number of ether oxygens (including phenoxy) is 1. The van der Waals surface area contributed by atoms with Crippen molar-refractivity contribution in [3.05, 3.63) is 84.2 Å². The van der Waals surface area contributed by atoms with E-state index in [1.165, 1.54) is 6.33 Å². The lowest BCUT2D eigenvalue weighted by Crippen LogP contribution is -2.45. The van der Waals surface area contributed by atoms with E-state index in [-0.39, 0.29) is 17.7 Å². The number of hydrogen-bond acceptors (Lipinski definition) is 10. The van der Waals surface area contributed by atoms with E-state index in [2.05, 4.69) is 50.5 Å². The molecule has 39 heavy (non-hydrogen) atoms. The van der Waals surface area contributed by atoms with Crippen LogP contribution >= 0.6 is 23.3 Å². The molecule has 0 aliphatic carbocycles. The number of nitrogens with one attached hydrogen (secondary N) is 3. The lowest BCUT2D eigenvalue weighted by atomic mass is 10.0. The van der Waals surface area contributed by atoms with Crippen molar-refractivity contribution >= 4 is 46.6 Å². The lowest BCUT2D eigenvalue weighted by Gasteiger charge is -2.34. The number of piperidine rings is 1. The van der Waals surface area contributed by atoms with Gasteiger partial charge in [-0.25, -0.2) is 9.97 Å². The van der Waals surface area contributed by atoms with E-state index in [9.17, 15) is 4.79 Å². The number of aliphatic hydroxyl groups excluding tert-OH is 1. The van der Waals surface area contributed by atoms with Crippen molar-refractivity contribution in [2.75, 3.05) is 37.9 Å². The number of aromatic nitrogens is 2. The third-order valence-electron chi connectivity index (χ3n) is 5.87. The highest BCUT2D eigenvalue weighted by molar-refractivity contribution is 8.59. The number of hydrogen-bond donors (Lipinski definition) is 6. The molecule has 2 aromatic carbocycles. The minimum Gasteiger partial charge on any atom is -0.457 e. The van der Waals surface area contributed by atoms with Crippen molar-refractivity contribution in [2.24, 2.45) is 0 Å². The van der Waals surface area contributed by atoms with Crippen LogP contribution < -0.4 is 15.4 Å². The molecule has 4 N–H and O–H groups in total. The van der Waals surface area contributed by atoms with Gasteiger partial charge in [0.1, 0.15) is 29.5 Å². The summed E-state index contributed by atoms with van der Waals surface area (Å²) in [5.74, 6) is 2.54. The number of likely N-dealkylation sites (tertiary alicyclic amines) is 1. The first-order chi connectivity index (χ1) is 19.0. The van der Waals surface area contributed by atoms with Gasteiger partial charge in [0.25, 0.3) is 0 Å². The van der Waals surface area contributed by atoms with Gasteiger partial charge in [0.2, 0.25) is 5.91 Å². The zero-order chi connectivity index (χ0) is 28.8. The molecular weight excluding hydrogens is 532 g/mol. The third kappa shape index (κ3) is 8.74. The first-order valence-electron chi connectivity index (χ1n) is 12.3. The molecule has 9 nitrogen and oxygen atoms in total. The van der Waals surface area contributed by atoms with E-state index in [0.29, 0.717) is 40.6 Å². The first-order valence-corrected chi connectivity index (χ1v) is 13.9. The molecule has 1 saturated heterocycles. The Bertz CT molecular complexity index is 1230. The first kappa shape index (κ1) is 31.7. The van der Waals surface area contributed by atoms with Gasteiger partial charge in [-0.1, -0.05) is 24.8 Å². The number of carbonyl (C=O) groups excluding carboxylic acids is 1. The van der Waals surface area contributed by atoms with Crippen LogP contribution in [0, 0.1) is 5.41 Å². The van der Waals surface area contributed by atoms with Gasteiger partial charge in [-0.2, -0.15) is 0 Å². The predicted octanol–water partition coefficient (Wildman–Crippen LogP) is 5.08. The summed E-state index contributed by atoms with van der Waals surface area (Å²) in [6.45, 7) is 6.80. The number of rotatable bonds is 8. The number of nitrogens with zero attached hydrogens (tertiary/aromatic N) is 3. The number of thiol groups is 2. The van der Waals surface area contributed by atoms with Crippen molar-refractivity contribution < 1.29 is 14.6 Å². The van der Waals surface area contributed by atoms with Crippen molar-refractivity contribution in [3.8, 4) is 11.5 Å². The zero-order valence-electron chi connectivity index (χ0n) is 22.4. The number of amides is 1. The minimum atomic E-state index is -0.0270. The summed E-state index contributed by atoms with van der Waals surface area (Å²) < 4.78 is 5.88. The molecule has 1 atom stereocenters. The fraction of sp³-hybridized carbons (Fsp3) is 0.286. The van der Waals surface area contributed by atoms with Crippen LogP contribution in [-0.2, 0) is 4.79 Å². The molecule has 1 aromatic heterocycles. The second-order valence-electron chi connectivity index (χ2n) is 8.53. The molecule has 208 valence electrons. The van der Waals surface area contributed by atoms with E-state index < -0.39 is 0 Å². The maximum absolute atomic E-state index is 12.4. The van der Waals surface area contributed by atoms with Crippen molar-refractivity contribution in [1.29, 1.82) is 5.41 Å². The Morgan fingerprint density at radius 1 is 1.08 bits per heavy atom. The lowest BCUT2D eigenvalue weighted by molar-refractivity contribution is -0.128.